The highest BCUT2D eigenvalue weighted by molar-refractivity contribution is 7.99. The van der Waals surface area contributed by atoms with E-state index in [1.54, 1.807) is 11.8 Å². The van der Waals surface area contributed by atoms with Crippen LogP contribution in [0.4, 0.5) is 0 Å². The van der Waals surface area contributed by atoms with Gasteiger partial charge in [0.25, 0.3) is 0 Å². The van der Waals surface area contributed by atoms with Crippen molar-refractivity contribution in [2.75, 3.05) is 25.1 Å². The molecule has 2 saturated heterocycles. The van der Waals surface area contributed by atoms with Crippen molar-refractivity contribution in [2.45, 2.75) is 44.2 Å². The lowest BCUT2D eigenvalue weighted by molar-refractivity contribution is -0.132. The van der Waals surface area contributed by atoms with Crippen molar-refractivity contribution < 1.29 is 4.79 Å². The zero-order valence-corrected chi connectivity index (χ0v) is 10.9. The molecule has 2 aliphatic rings. The summed E-state index contributed by atoms with van der Waals surface area (Å²) in [4.78, 5) is 14.2. The molecule has 0 saturated carbocycles. The molecule has 3 nitrogen and oxygen atoms in total. The third-order valence-corrected chi connectivity index (χ3v) is 4.24. The molecule has 2 unspecified atom stereocenters. The summed E-state index contributed by atoms with van der Waals surface area (Å²) in [7, 11) is 0. The second-order valence-electron chi connectivity index (χ2n) is 4.79. The quantitative estimate of drug-likeness (QED) is 0.813. The molecule has 4 heteroatoms. The minimum atomic E-state index is 0.339. The molecule has 0 aliphatic carbocycles. The average Bonchev–Trinajstić information content (AvgIpc) is 2.83. The smallest absolute Gasteiger partial charge is 0.232 e. The van der Waals surface area contributed by atoms with Gasteiger partial charge < -0.3 is 10.2 Å². The summed E-state index contributed by atoms with van der Waals surface area (Å²) >= 11 is 1.64. The predicted molar refractivity (Wildman–Crippen MR) is 68.8 cm³/mol. The van der Waals surface area contributed by atoms with Crippen LogP contribution in [-0.2, 0) is 4.79 Å². The summed E-state index contributed by atoms with van der Waals surface area (Å²) < 4.78 is 0. The van der Waals surface area contributed by atoms with Gasteiger partial charge in [0.15, 0.2) is 0 Å². The summed E-state index contributed by atoms with van der Waals surface area (Å²) in [5.41, 5.74) is 0. The van der Waals surface area contributed by atoms with Gasteiger partial charge in [-0.2, -0.15) is 11.8 Å². The van der Waals surface area contributed by atoms with E-state index in [0.29, 0.717) is 23.7 Å². The highest BCUT2D eigenvalue weighted by Crippen LogP contribution is 2.24. The Kier molecular flexibility index (Phi) is 4.53. The maximum atomic E-state index is 12.0. The molecule has 16 heavy (non-hydrogen) atoms. The summed E-state index contributed by atoms with van der Waals surface area (Å²) in [5, 5.41) is 3.55. The molecule has 2 aliphatic heterocycles. The third-order valence-electron chi connectivity index (χ3n) is 3.70. The van der Waals surface area contributed by atoms with E-state index in [2.05, 4.69) is 10.2 Å². The first-order chi connectivity index (χ1) is 7.83. The number of hydrogen-bond donors (Lipinski definition) is 1. The molecule has 1 amide bonds. The summed E-state index contributed by atoms with van der Waals surface area (Å²) in [6.07, 6.45) is 8.18. The SMILES string of the molecule is CSCC(=O)N1CCCCC1C1CCCN1. The lowest BCUT2D eigenvalue weighted by Crippen LogP contribution is -2.53. The summed E-state index contributed by atoms with van der Waals surface area (Å²) in [5.74, 6) is 0.981. The van der Waals surface area contributed by atoms with Gasteiger partial charge in [-0.15, -0.1) is 0 Å². The van der Waals surface area contributed by atoms with E-state index in [9.17, 15) is 4.79 Å². The molecule has 1 N–H and O–H groups in total. The number of amides is 1. The maximum absolute atomic E-state index is 12.0. The maximum Gasteiger partial charge on any atom is 0.232 e. The van der Waals surface area contributed by atoms with Gasteiger partial charge in [-0.1, -0.05) is 0 Å². The van der Waals surface area contributed by atoms with Crippen molar-refractivity contribution in [3.63, 3.8) is 0 Å². The van der Waals surface area contributed by atoms with Gasteiger partial charge in [-0.25, -0.2) is 0 Å². The summed E-state index contributed by atoms with van der Waals surface area (Å²) in [6.45, 7) is 2.11. The molecule has 0 aromatic rings. The number of carbonyl (C=O) groups is 1. The Hall–Kier alpha value is -0.220. The molecule has 2 atom stereocenters. The molecule has 0 bridgehead atoms. The van der Waals surface area contributed by atoms with E-state index >= 15 is 0 Å². The van der Waals surface area contributed by atoms with Crippen LogP contribution in [-0.4, -0.2) is 48.0 Å². The van der Waals surface area contributed by atoms with Crippen LogP contribution in [0.1, 0.15) is 32.1 Å². The molecule has 2 rings (SSSR count). The molecule has 0 radical (unpaired) electrons. The van der Waals surface area contributed by atoms with E-state index in [4.69, 9.17) is 0 Å². The fourth-order valence-electron chi connectivity index (χ4n) is 2.93. The number of rotatable bonds is 3. The first-order valence-corrected chi connectivity index (χ1v) is 7.74. The molecule has 0 spiro atoms. The molecule has 0 aromatic carbocycles. The van der Waals surface area contributed by atoms with Crippen LogP contribution in [0.2, 0.25) is 0 Å². The largest absolute Gasteiger partial charge is 0.337 e. The van der Waals surface area contributed by atoms with E-state index in [1.165, 1.54) is 32.1 Å². The highest BCUT2D eigenvalue weighted by atomic mass is 32.2. The van der Waals surface area contributed by atoms with E-state index < -0.39 is 0 Å². The van der Waals surface area contributed by atoms with Crippen molar-refractivity contribution in [3.05, 3.63) is 0 Å². The van der Waals surface area contributed by atoms with Gasteiger partial charge in [0, 0.05) is 18.6 Å². The van der Waals surface area contributed by atoms with Crippen molar-refractivity contribution in [3.8, 4) is 0 Å². The molecular weight excluding hydrogens is 220 g/mol. The Labute approximate surface area is 102 Å². The van der Waals surface area contributed by atoms with Crippen LogP contribution in [0.5, 0.6) is 0 Å². The van der Waals surface area contributed by atoms with Crippen molar-refractivity contribution >= 4 is 17.7 Å². The van der Waals surface area contributed by atoms with Crippen LogP contribution in [0.15, 0.2) is 0 Å². The van der Waals surface area contributed by atoms with Crippen molar-refractivity contribution in [1.29, 1.82) is 0 Å². The van der Waals surface area contributed by atoms with Crippen LogP contribution < -0.4 is 5.32 Å². The van der Waals surface area contributed by atoms with Crippen LogP contribution >= 0.6 is 11.8 Å². The molecule has 92 valence electrons. The van der Waals surface area contributed by atoms with Crippen molar-refractivity contribution in [2.24, 2.45) is 0 Å². The van der Waals surface area contributed by atoms with Crippen LogP contribution in [0, 0.1) is 0 Å². The Morgan fingerprint density at radius 1 is 1.38 bits per heavy atom. The number of nitrogens with zero attached hydrogens (tertiary/aromatic N) is 1. The minimum Gasteiger partial charge on any atom is -0.337 e. The Morgan fingerprint density at radius 3 is 2.94 bits per heavy atom. The first-order valence-electron chi connectivity index (χ1n) is 6.34. The van der Waals surface area contributed by atoms with Gasteiger partial charge in [-0.05, 0) is 44.9 Å². The lowest BCUT2D eigenvalue weighted by atomic mass is 9.94. The number of nitrogens with one attached hydrogen (secondary N) is 1. The molecular formula is C12H22N2OS. The van der Waals surface area contributed by atoms with Gasteiger partial charge in [-0.3, -0.25) is 4.79 Å². The minimum absolute atomic E-state index is 0.339. The second kappa shape index (κ2) is 5.92. The number of carbonyl (C=O) groups excluding carboxylic acids is 1. The van der Waals surface area contributed by atoms with Crippen LogP contribution in [0.25, 0.3) is 0 Å². The molecule has 2 heterocycles. The average molecular weight is 242 g/mol. The highest BCUT2D eigenvalue weighted by Gasteiger charge is 2.33. The van der Waals surface area contributed by atoms with Gasteiger partial charge in [0.1, 0.15) is 0 Å². The Morgan fingerprint density at radius 2 is 2.25 bits per heavy atom. The van der Waals surface area contributed by atoms with Crippen molar-refractivity contribution in [1.82, 2.24) is 10.2 Å². The van der Waals surface area contributed by atoms with E-state index in [-0.39, 0.29) is 0 Å². The zero-order chi connectivity index (χ0) is 11.4. The van der Waals surface area contributed by atoms with Gasteiger partial charge >= 0.3 is 0 Å². The number of likely N-dealkylation sites (tertiary alicyclic amines) is 1. The summed E-state index contributed by atoms with van der Waals surface area (Å²) in [6, 6.07) is 1.03. The number of piperidine rings is 1. The Balaban J connectivity index is 1.98. The standard InChI is InChI=1S/C12H22N2OS/c1-16-9-12(15)14-8-3-2-6-11(14)10-5-4-7-13-10/h10-11,13H,2-9H2,1H3. The predicted octanol–water partition coefficient (Wildman–Crippen LogP) is 1.48. The number of thioether (sulfide) groups is 1. The van der Waals surface area contributed by atoms with E-state index in [0.717, 1.165) is 13.1 Å². The third kappa shape index (κ3) is 2.72. The fraction of sp³-hybridized carbons (Fsp3) is 0.917. The van der Waals surface area contributed by atoms with Gasteiger partial charge in [0.2, 0.25) is 5.91 Å². The second-order valence-corrected chi connectivity index (χ2v) is 5.65. The van der Waals surface area contributed by atoms with E-state index in [1.807, 2.05) is 6.26 Å². The normalized spacial score (nSPS) is 30.7. The molecule has 2 fully saturated rings. The van der Waals surface area contributed by atoms with Gasteiger partial charge in [0.05, 0.1) is 5.75 Å². The topological polar surface area (TPSA) is 32.3 Å². The monoisotopic (exact) mass is 242 g/mol. The molecule has 0 aromatic heterocycles. The van der Waals surface area contributed by atoms with Crippen LogP contribution in [0.3, 0.4) is 0 Å². The lowest BCUT2D eigenvalue weighted by Gasteiger charge is -2.39. The zero-order valence-electron chi connectivity index (χ0n) is 10.1. The first kappa shape index (κ1) is 12.2. The number of hydrogen-bond acceptors (Lipinski definition) is 3. The fourth-order valence-corrected chi connectivity index (χ4v) is 3.34. The Bertz CT molecular complexity index is 241.